The molecule has 2 aromatic carbocycles. The molecule has 0 saturated heterocycles. The first-order chi connectivity index (χ1) is 14.8. The number of carbonyl (C=O) groups excluding carboxylic acids is 3. The van der Waals surface area contributed by atoms with Gasteiger partial charge in [-0.2, -0.15) is 0 Å². The van der Waals surface area contributed by atoms with Gasteiger partial charge in [0.15, 0.2) is 0 Å². The third-order valence-corrected chi connectivity index (χ3v) is 4.60. The number of hydrogen-bond acceptors (Lipinski definition) is 5. The summed E-state index contributed by atoms with van der Waals surface area (Å²) in [5, 5.41) is 8.26. The van der Waals surface area contributed by atoms with Crippen LogP contribution in [0, 0.1) is 5.92 Å². The van der Waals surface area contributed by atoms with Crippen molar-refractivity contribution in [3.05, 3.63) is 59.7 Å². The molecule has 1 atom stereocenters. The van der Waals surface area contributed by atoms with Crippen molar-refractivity contribution in [2.45, 2.75) is 19.9 Å². The van der Waals surface area contributed by atoms with Crippen molar-refractivity contribution in [3.8, 4) is 11.5 Å². The van der Waals surface area contributed by atoms with Crippen LogP contribution >= 0.6 is 0 Å². The molecule has 0 aliphatic carbocycles. The van der Waals surface area contributed by atoms with Gasteiger partial charge in [0.25, 0.3) is 11.8 Å². The highest BCUT2D eigenvalue weighted by atomic mass is 16.5. The minimum atomic E-state index is -0.741. The van der Waals surface area contributed by atoms with Crippen LogP contribution in [-0.2, 0) is 4.79 Å². The van der Waals surface area contributed by atoms with Gasteiger partial charge in [-0.1, -0.05) is 32.0 Å². The van der Waals surface area contributed by atoms with Crippen LogP contribution in [-0.4, -0.2) is 51.1 Å². The molecule has 0 aliphatic rings. The van der Waals surface area contributed by atoms with Crippen molar-refractivity contribution >= 4 is 17.7 Å². The van der Waals surface area contributed by atoms with Crippen LogP contribution in [0.15, 0.2) is 48.5 Å². The average Bonchev–Trinajstić information content (AvgIpc) is 2.79. The van der Waals surface area contributed by atoms with E-state index in [2.05, 4.69) is 16.0 Å². The SMILES string of the molecule is COc1cc(OC)cc(C(=O)NC(C(=O)NCCNC(=O)c2ccccc2)C(C)C)c1. The lowest BCUT2D eigenvalue weighted by molar-refractivity contribution is -0.123. The molecule has 3 amide bonds. The van der Waals surface area contributed by atoms with E-state index in [1.165, 1.54) is 14.2 Å². The number of amides is 3. The summed E-state index contributed by atoms with van der Waals surface area (Å²) in [6.07, 6.45) is 0. The fraction of sp³-hybridized carbons (Fsp3) is 0.348. The highest BCUT2D eigenvalue weighted by Crippen LogP contribution is 2.22. The van der Waals surface area contributed by atoms with Gasteiger partial charge < -0.3 is 25.4 Å². The zero-order valence-electron chi connectivity index (χ0n) is 18.2. The quantitative estimate of drug-likeness (QED) is 0.503. The maximum atomic E-state index is 12.7. The summed E-state index contributed by atoms with van der Waals surface area (Å²) in [6, 6.07) is 12.9. The predicted molar refractivity (Wildman–Crippen MR) is 117 cm³/mol. The zero-order valence-corrected chi connectivity index (χ0v) is 18.2. The van der Waals surface area contributed by atoms with Crippen LogP contribution in [0.25, 0.3) is 0 Å². The molecule has 8 nitrogen and oxygen atoms in total. The molecule has 0 spiro atoms. The number of nitrogens with one attached hydrogen (secondary N) is 3. The molecule has 0 aromatic heterocycles. The van der Waals surface area contributed by atoms with E-state index in [4.69, 9.17) is 9.47 Å². The van der Waals surface area contributed by atoms with Crippen molar-refractivity contribution in [1.29, 1.82) is 0 Å². The fourth-order valence-corrected chi connectivity index (χ4v) is 2.86. The first-order valence-corrected chi connectivity index (χ1v) is 10.0. The largest absolute Gasteiger partial charge is 0.497 e. The summed E-state index contributed by atoms with van der Waals surface area (Å²) in [7, 11) is 2.99. The van der Waals surface area contributed by atoms with Crippen LogP contribution in [0.3, 0.4) is 0 Å². The number of rotatable bonds is 10. The molecule has 0 bridgehead atoms. The van der Waals surface area contributed by atoms with Gasteiger partial charge in [0.2, 0.25) is 5.91 Å². The Hall–Kier alpha value is -3.55. The highest BCUT2D eigenvalue weighted by Gasteiger charge is 2.25. The lowest BCUT2D eigenvalue weighted by Crippen LogP contribution is -2.50. The Labute approximate surface area is 182 Å². The molecule has 2 rings (SSSR count). The highest BCUT2D eigenvalue weighted by molar-refractivity contribution is 5.98. The summed E-state index contributed by atoms with van der Waals surface area (Å²) in [4.78, 5) is 37.4. The standard InChI is InChI=1S/C23H29N3O5/c1-15(2)20(26-22(28)17-12-18(30-3)14-19(13-17)31-4)23(29)25-11-10-24-21(27)16-8-6-5-7-9-16/h5-9,12-15,20H,10-11H2,1-4H3,(H,24,27)(H,25,29)(H,26,28). The first kappa shape index (κ1) is 23.7. The molecule has 0 heterocycles. The maximum Gasteiger partial charge on any atom is 0.252 e. The molecule has 3 N–H and O–H groups in total. The summed E-state index contributed by atoms with van der Waals surface area (Å²) < 4.78 is 10.4. The van der Waals surface area contributed by atoms with Crippen LogP contribution in [0.2, 0.25) is 0 Å². The Morgan fingerprint density at radius 1 is 0.806 bits per heavy atom. The zero-order chi connectivity index (χ0) is 22.8. The predicted octanol–water partition coefficient (Wildman–Crippen LogP) is 2.00. The number of methoxy groups -OCH3 is 2. The Morgan fingerprint density at radius 3 is 1.94 bits per heavy atom. The van der Waals surface area contributed by atoms with Gasteiger partial charge in [-0.15, -0.1) is 0 Å². The summed E-state index contributed by atoms with van der Waals surface area (Å²) in [5.41, 5.74) is 0.875. The van der Waals surface area contributed by atoms with Gasteiger partial charge in [-0.3, -0.25) is 14.4 Å². The van der Waals surface area contributed by atoms with E-state index in [9.17, 15) is 14.4 Å². The molecule has 2 aromatic rings. The minimum Gasteiger partial charge on any atom is -0.497 e. The van der Waals surface area contributed by atoms with E-state index in [0.717, 1.165) is 0 Å². The Morgan fingerprint density at radius 2 is 1.39 bits per heavy atom. The minimum absolute atomic E-state index is 0.143. The Bertz CT molecular complexity index is 877. The van der Waals surface area contributed by atoms with E-state index in [0.29, 0.717) is 22.6 Å². The molecule has 8 heteroatoms. The third kappa shape index (κ3) is 7.02. The second kappa shape index (κ2) is 11.6. The molecule has 0 radical (unpaired) electrons. The van der Waals surface area contributed by atoms with E-state index in [1.54, 1.807) is 42.5 Å². The second-order valence-corrected chi connectivity index (χ2v) is 7.21. The number of benzene rings is 2. The van der Waals surface area contributed by atoms with Crippen LogP contribution in [0.5, 0.6) is 11.5 Å². The summed E-state index contributed by atoms with van der Waals surface area (Å²) in [5.74, 6) is -0.144. The van der Waals surface area contributed by atoms with Gasteiger partial charge in [-0.05, 0) is 30.2 Å². The van der Waals surface area contributed by atoms with Crippen LogP contribution in [0.1, 0.15) is 34.6 Å². The fourth-order valence-electron chi connectivity index (χ4n) is 2.86. The van der Waals surface area contributed by atoms with Crippen LogP contribution in [0.4, 0.5) is 0 Å². The molecule has 31 heavy (non-hydrogen) atoms. The van der Waals surface area contributed by atoms with Crippen molar-refractivity contribution in [3.63, 3.8) is 0 Å². The second-order valence-electron chi connectivity index (χ2n) is 7.21. The van der Waals surface area contributed by atoms with E-state index >= 15 is 0 Å². The van der Waals surface area contributed by atoms with Gasteiger partial charge in [0.05, 0.1) is 14.2 Å². The van der Waals surface area contributed by atoms with Gasteiger partial charge in [0.1, 0.15) is 17.5 Å². The molecular formula is C23H29N3O5. The van der Waals surface area contributed by atoms with Gasteiger partial charge in [-0.25, -0.2) is 0 Å². The number of carbonyl (C=O) groups is 3. The summed E-state index contributed by atoms with van der Waals surface area (Å²) >= 11 is 0. The average molecular weight is 428 g/mol. The summed E-state index contributed by atoms with van der Waals surface area (Å²) in [6.45, 7) is 4.19. The first-order valence-electron chi connectivity index (χ1n) is 10.0. The van der Waals surface area contributed by atoms with Crippen LogP contribution < -0.4 is 25.4 Å². The monoisotopic (exact) mass is 427 g/mol. The number of ether oxygens (including phenoxy) is 2. The lowest BCUT2D eigenvalue weighted by atomic mass is 10.0. The normalized spacial score (nSPS) is 11.4. The van der Waals surface area contributed by atoms with Crippen molar-refractivity contribution in [1.82, 2.24) is 16.0 Å². The topological polar surface area (TPSA) is 106 Å². The molecule has 0 saturated carbocycles. The third-order valence-electron chi connectivity index (χ3n) is 4.60. The number of hydrogen-bond donors (Lipinski definition) is 3. The molecule has 1 unspecified atom stereocenters. The van der Waals surface area contributed by atoms with Crippen molar-refractivity contribution in [2.75, 3.05) is 27.3 Å². The lowest BCUT2D eigenvalue weighted by Gasteiger charge is -2.22. The molecular weight excluding hydrogens is 398 g/mol. The van der Waals surface area contributed by atoms with Crippen molar-refractivity contribution < 1.29 is 23.9 Å². The molecule has 0 aliphatic heterocycles. The maximum absolute atomic E-state index is 12.7. The van der Waals surface area contributed by atoms with Gasteiger partial charge in [0, 0.05) is 30.3 Å². The van der Waals surface area contributed by atoms with Crippen molar-refractivity contribution in [2.24, 2.45) is 5.92 Å². The van der Waals surface area contributed by atoms with E-state index in [-0.39, 0.29) is 30.8 Å². The molecule has 166 valence electrons. The molecule has 0 fully saturated rings. The smallest absolute Gasteiger partial charge is 0.252 e. The van der Waals surface area contributed by atoms with E-state index in [1.807, 2.05) is 19.9 Å². The van der Waals surface area contributed by atoms with E-state index < -0.39 is 11.9 Å². The van der Waals surface area contributed by atoms with Gasteiger partial charge >= 0.3 is 0 Å². The Balaban J connectivity index is 1.92. The Kier molecular flexibility index (Phi) is 8.87.